The van der Waals surface area contributed by atoms with E-state index in [4.69, 9.17) is 10.2 Å². The average Bonchev–Trinajstić information content (AvgIpc) is 2.75. The largest absolute Gasteiger partial charge is 0.451 e. The van der Waals surface area contributed by atoms with E-state index < -0.39 is 0 Å². The van der Waals surface area contributed by atoms with Crippen molar-refractivity contribution in [1.82, 2.24) is 4.90 Å². The summed E-state index contributed by atoms with van der Waals surface area (Å²) in [5.41, 5.74) is 7.47. The first kappa shape index (κ1) is 14.0. The summed E-state index contributed by atoms with van der Waals surface area (Å²) in [5, 5.41) is 0.883. The highest BCUT2D eigenvalue weighted by molar-refractivity contribution is 5.96. The first-order valence-electron chi connectivity index (χ1n) is 7.53. The first-order chi connectivity index (χ1) is 9.94. The van der Waals surface area contributed by atoms with Crippen molar-refractivity contribution in [2.75, 3.05) is 18.8 Å². The molecule has 1 aliphatic heterocycles. The Kier molecular flexibility index (Phi) is 3.40. The molecule has 2 N–H and O–H groups in total. The fraction of sp³-hybridized carbons (Fsp3) is 0.471. The van der Waals surface area contributed by atoms with Crippen LogP contribution in [0.25, 0.3) is 11.0 Å². The zero-order valence-corrected chi connectivity index (χ0v) is 12.7. The van der Waals surface area contributed by atoms with Crippen LogP contribution in [0.2, 0.25) is 0 Å². The predicted molar refractivity (Wildman–Crippen MR) is 84.2 cm³/mol. The highest BCUT2D eigenvalue weighted by atomic mass is 16.3. The second-order valence-electron chi connectivity index (χ2n) is 6.72. The zero-order valence-electron chi connectivity index (χ0n) is 12.7. The Morgan fingerprint density at radius 1 is 1.24 bits per heavy atom. The number of benzene rings is 1. The normalized spacial score (nSPS) is 18.7. The lowest BCUT2D eigenvalue weighted by Gasteiger charge is -2.22. The van der Waals surface area contributed by atoms with Gasteiger partial charge in [-0.2, -0.15) is 0 Å². The minimum atomic E-state index is -0.0116. The van der Waals surface area contributed by atoms with Crippen LogP contribution in [-0.4, -0.2) is 23.9 Å². The molecule has 0 spiro atoms. The SMILES string of the molecule is CC1(C)CCCN(C(=O)c2cc3cc(N)ccc3o2)CC1. The number of hydrogen-bond donors (Lipinski definition) is 1. The second-order valence-corrected chi connectivity index (χ2v) is 6.72. The van der Waals surface area contributed by atoms with Crippen LogP contribution >= 0.6 is 0 Å². The molecule has 1 saturated heterocycles. The predicted octanol–water partition coefficient (Wildman–Crippen LogP) is 3.67. The standard InChI is InChI=1S/C17H22N2O2/c1-17(2)6-3-8-19(9-7-17)16(20)15-11-12-10-13(18)4-5-14(12)21-15/h4-5,10-11H,3,6-9,18H2,1-2H3. The van der Waals surface area contributed by atoms with Crippen molar-refractivity contribution in [2.45, 2.75) is 33.1 Å². The van der Waals surface area contributed by atoms with E-state index in [2.05, 4.69) is 13.8 Å². The van der Waals surface area contributed by atoms with E-state index in [9.17, 15) is 4.79 Å². The van der Waals surface area contributed by atoms with Crippen LogP contribution in [0.4, 0.5) is 5.69 Å². The van der Waals surface area contributed by atoms with Crippen molar-refractivity contribution in [2.24, 2.45) is 5.41 Å². The minimum absolute atomic E-state index is 0.0116. The molecule has 1 aromatic heterocycles. The van der Waals surface area contributed by atoms with Crippen molar-refractivity contribution < 1.29 is 9.21 Å². The van der Waals surface area contributed by atoms with Crippen molar-refractivity contribution in [3.8, 4) is 0 Å². The van der Waals surface area contributed by atoms with Crippen molar-refractivity contribution in [3.05, 3.63) is 30.0 Å². The molecule has 0 atom stereocenters. The molecule has 2 aromatic rings. The van der Waals surface area contributed by atoms with E-state index in [1.165, 1.54) is 0 Å². The summed E-state index contributed by atoms with van der Waals surface area (Å²) < 4.78 is 5.68. The summed E-state index contributed by atoms with van der Waals surface area (Å²) in [4.78, 5) is 14.5. The molecule has 0 saturated carbocycles. The van der Waals surface area contributed by atoms with Gasteiger partial charge in [0.05, 0.1) is 0 Å². The van der Waals surface area contributed by atoms with Gasteiger partial charge in [-0.1, -0.05) is 13.8 Å². The number of nitrogen functional groups attached to an aromatic ring is 1. The third-order valence-corrected chi connectivity index (χ3v) is 4.38. The number of rotatable bonds is 1. The van der Waals surface area contributed by atoms with Gasteiger partial charge in [0.2, 0.25) is 0 Å². The Morgan fingerprint density at radius 3 is 2.86 bits per heavy atom. The van der Waals surface area contributed by atoms with Crippen LogP contribution in [0, 0.1) is 5.41 Å². The number of nitrogens with two attached hydrogens (primary N) is 1. The molecule has 0 unspecified atom stereocenters. The fourth-order valence-corrected chi connectivity index (χ4v) is 2.95. The van der Waals surface area contributed by atoms with Crippen LogP contribution in [0.5, 0.6) is 0 Å². The van der Waals surface area contributed by atoms with Crippen LogP contribution in [0.15, 0.2) is 28.7 Å². The number of anilines is 1. The van der Waals surface area contributed by atoms with Gasteiger partial charge in [-0.05, 0) is 48.9 Å². The van der Waals surface area contributed by atoms with Crippen LogP contribution in [0.3, 0.4) is 0 Å². The number of hydrogen-bond acceptors (Lipinski definition) is 3. The van der Waals surface area contributed by atoms with Gasteiger partial charge < -0.3 is 15.1 Å². The summed E-state index contributed by atoms with van der Waals surface area (Å²) >= 11 is 0. The van der Waals surface area contributed by atoms with Gasteiger partial charge in [0, 0.05) is 24.2 Å². The summed E-state index contributed by atoms with van der Waals surface area (Å²) in [7, 11) is 0. The molecule has 2 heterocycles. The molecule has 112 valence electrons. The maximum absolute atomic E-state index is 12.6. The first-order valence-corrected chi connectivity index (χ1v) is 7.53. The number of carbonyl (C=O) groups excluding carboxylic acids is 1. The van der Waals surface area contributed by atoms with E-state index in [0.717, 1.165) is 37.7 Å². The van der Waals surface area contributed by atoms with Crippen molar-refractivity contribution in [1.29, 1.82) is 0 Å². The van der Waals surface area contributed by atoms with Crippen LogP contribution in [0.1, 0.15) is 43.7 Å². The molecule has 4 heteroatoms. The monoisotopic (exact) mass is 286 g/mol. The summed E-state index contributed by atoms with van der Waals surface area (Å²) in [6.07, 6.45) is 3.24. The zero-order chi connectivity index (χ0) is 15.0. The molecule has 1 fully saturated rings. The van der Waals surface area contributed by atoms with Gasteiger partial charge in [0.15, 0.2) is 5.76 Å². The summed E-state index contributed by atoms with van der Waals surface area (Å²) in [6, 6.07) is 7.23. The molecule has 4 nitrogen and oxygen atoms in total. The van der Waals surface area contributed by atoms with Crippen molar-refractivity contribution >= 4 is 22.6 Å². The number of furan rings is 1. The maximum Gasteiger partial charge on any atom is 0.289 e. The number of amides is 1. The second kappa shape index (κ2) is 5.10. The quantitative estimate of drug-likeness (QED) is 0.814. The fourth-order valence-electron chi connectivity index (χ4n) is 2.95. The van der Waals surface area contributed by atoms with E-state index in [0.29, 0.717) is 22.4 Å². The molecule has 0 aliphatic carbocycles. The minimum Gasteiger partial charge on any atom is -0.451 e. The van der Waals surface area contributed by atoms with Crippen LogP contribution < -0.4 is 5.73 Å². The van der Waals surface area contributed by atoms with E-state index in [1.54, 1.807) is 12.1 Å². The molecule has 3 rings (SSSR count). The Hall–Kier alpha value is -1.97. The Bertz CT molecular complexity index is 672. The molecule has 1 aliphatic rings. The van der Waals surface area contributed by atoms with Gasteiger partial charge in [-0.25, -0.2) is 0 Å². The van der Waals surface area contributed by atoms with E-state index in [-0.39, 0.29) is 5.91 Å². The number of likely N-dealkylation sites (tertiary alicyclic amines) is 1. The molecular formula is C17H22N2O2. The number of nitrogens with zero attached hydrogens (tertiary/aromatic N) is 1. The lowest BCUT2D eigenvalue weighted by atomic mass is 9.85. The lowest BCUT2D eigenvalue weighted by Crippen LogP contribution is -2.32. The van der Waals surface area contributed by atoms with Crippen molar-refractivity contribution in [3.63, 3.8) is 0 Å². The van der Waals surface area contributed by atoms with Gasteiger partial charge in [0.25, 0.3) is 5.91 Å². The molecule has 1 amide bonds. The molecule has 0 bridgehead atoms. The third-order valence-electron chi connectivity index (χ3n) is 4.38. The summed E-state index contributed by atoms with van der Waals surface area (Å²) in [5.74, 6) is 0.401. The van der Waals surface area contributed by atoms with Gasteiger partial charge >= 0.3 is 0 Å². The Balaban J connectivity index is 1.83. The van der Waals surface area contributed by atoms with E-state index >= 15 is 0 Å². The lowest BCUT2D eigenvalue weighted by molar-refractivity contribution is 0.0728. The molecular weight excluding hydrogens is 264 g/mol. The number of fused-ring (bicyclic) bond motifs is 1. The summed E-state index contributed by atoms with van der Waals surface area (Å²) in [6.45, 7) is 6.14. The smallest absolute Gasteiger partial charge is 0.289 e. The highest BCUT2D eigenvalue weighted by Crippen LogP contribution is 2.31. The van der Waals surface area contributed by atoms with Gasteiger partial charge in [-0.3, -0.25) is 4.79 Å². The molecule has 21 heavy (non-hydrogen) atoms. The molecule has 0 radical (unpaired) electrons. The van der Waals surface area contributed by atoms with E-state index in [1.807, 2.05) is 17.0 Å². The van der Waals surface area contributed by atoms with Gasteiger partial charge in [0.1, 0.15) is 5.58 Å². The van der Waals surface area contributed by atoms with Crippen LogP contribution in [-0.2, 0) is 0 Å². The maximum atomic E-state index is 12.6. The molecule has 1 aromatic carbocycles. The topological polar surface area (TPSA) is 59.5 Å². The Morgan fingerprint density at radius 2 is 2.05 bits per heavy atom. The average molecular weight is 286 g/mol. The Labute approximate surface area is 124 Å². The third kappa shape index (κ3) is 2.89. The van der Waals surface area contributed by atoms with Gasteiger partial charge in [-0.15, -0.1) is 0 Å². The number of carbonyl (C=O) groups is 1. The highest BCUT2D eigenvalue weighted by Gasteiger charge is 2.27.